The number of nitrogens with zero attached hydrogens (tertiary/aromatic N) is 1. The van der Waals surface area contributed by atoms with Crippen LogP contribution in [0.2, 0.25) is 0 Å². The van der Waals surface area contributed by atoms with Gasteiger partial charge in [0.15, 0.2) is 0 Å². The Morgan fingerprint density at radius 2 is 1.57 bits per heavy atom. The minimum atomic E-state index is -2.18. The lowest BCUT2D eigenvalue weighted by Crippen LogP contribution is -2.57. The number of hydrogen-bond donors (Lipinski definition) is 0. The van der Waals surface area contributed by atoms with Gasteiger partial charge in [-0.15, -0.1) is 0 Å². The summed E-state index contributed by atoms with van der Waals surface area (Å²) in [6.07, 6.45) is 1.42. The largest absolute Gasteiger partial charge is 0.458 e. The summed E-state index contributed by atoms with van der Waals surface area (Å²) in [5, 5.41) is 0. The number of rotatable bonds is 1. The van der Waals surface area contributed by atoms with Gasteiger partial charge in [0, 0.05) is 21.3 Å². The Labute approximate surface area is 167 Å². The van der Waals surface area contributed by atoms with Crippen molar-refractivity contribution in [3.8, 4) is 34.3 Å². The zero-order chi connectivity index (χ0) is 21.2. The molecule has 0 radical (unpaired) electrons. The Morgan fingerprint density at radius 1 is 0.786 bits per heavy atom. The quantitative estimate of drug-likeness (QED) is 0.416. The zero-order valence-corrected chi connectivity index (χ0v) is 14.8. The molecule has 0 N–H and O–H groups in total. The van der Waals surface area contributed by atoms with Crippen LogP contribution >= 0.6 is 0 Å². The van der Waals surface area contributed by atoms with E-state index in [4.69, 9.17) is 13.6 Å². The Balaban J connectivity index is 1.55. The molecule has 0 atom stereocenters. The normalized spacial score (nSPS) is 15.0. The molecule has 0 unspecified atom stereocenters. The Bertz CT molecular complexity index is 1340. The minimum absolute atomic E-state index is 0.0125. The number of ether oxygens (including phenoxy) is 2. The number of benzene rings is 3. The highest BCUT2D eigenvalue weighted by atomic mass is 16.5. The van der Waals surface area contributed by atoms with Crippen molar-refractivity contribution in [3.63, 3.8) is 0 Å². The van der Waals surface area contributed by atoms with E-state index in [2.05, 4.69) is 17.1 Å². The minimum Gasteiger partial charge on any atom is -0.458 e. The molecule has 1 aromatic heterocycles. The smallest absolute Gasteiger partial charge is 0.260 e. The fraction of sp³-hybridized carbons (Fsp3) is 0.0417. The lowest BCUT2D eigenvalue weighted by molar-refractivity contribution is 0.465. The monoisotopic (exact) mass is 364 g/mol. The number of hydrogen-bond acceptors (Lipinski definition) is 3. The summed E-state index contributed by atoms with van der Waals surface area (Å²) in [7, 11) is 0. The van der Waals surface area contributed by atoms with Crippen LogP contribution in [0, 0.1) is 6.85 Å². The number of aromatic nitrogens is 1. The van der Waals surface area contributed by atoms with Crippen molar-refractivity contribution < 1.29 is 13.6 Å². The van der Waals surface area contributed by atoms with Crippen molar-refractivity contribution in [1.82, 2.24) is 4.98 Å². The molecule has 0 spiro atoms. The highest BCUT2D eigenvalue weighted by molar-refractivity contribution is 6.98. The molecule has 2 aliphatic heterocycles. The summed E-state index contributed by atoms with van der Waals surface area (Å²) in [4.78, 5) is 4.44. The van der Waals surface area contributed by atoms with Gasteiger partial charge >= 0.3 is 0 Å². The first kappa shape index (κ1) is 12.8. The lowest BCUT2D eigenvalue weighted by Gasteiger charge is -2.33. The van der Waals surface area contributed by atoms with Gasteiger partial charge in [-0.2, -0.15) is 0 Å². The van der Waals surface area contributed by atoms with Gasteiger partial charge in [0.05, 0.1) is 5.69 Å². The van der Waals surface area contributed by atoms with Crippen LogP contribution in [0.4, 0.5) is 0 Å². The SMILES string of the molecule is [2H]C([2H])([2H])c1ccc(-c2cccc3c2Oc2cccc4c2B3c2ccccc2O4)nc1. The van der Waals surface area contributed by atoms with Crippen molar-refractivity contribution in [2.45, 2.75) is 6.85 Å². The second-order valence-corrected chi connectivity index (χ2v) is 7.00. The van der Waals surface area contributed by atoms with Crippen molar-refractivity contribution >= 4 is 23.1 Å². The van der Waals surface area contributed by atoms with E-state index in [-0.39, 0.29) is 12.3 Å². The summed E-state index contributed by atoms with van der Waals surface area (Å²) < 4.78 is 35.3. The van der Waals surface area contributed by atoms with Gasteiger partial charge in [0.2, 0.25) is 0 Å². The third-order valence-electron chi connectivity index (χ3n) is 5.37. The van der Waals surface area contributed by atoms with E-state index in [0.29, 0.717) is 5.69 Å². The molecule has 0 saturated heterocycles. The highest BCUT2D eigenvalue weighted by Crippen LogP contribution is 2.38. The third-order valence-corrected chi connectivity index (χ3v) is 5.37. The van der Waals surface area contributed by atoms with Gasteiger partial charge < -0.3 is 9.47 Å². The third kappa shape index (κ3) is 2.15. The fourth-order valence-corrected chi connectivity index (χ4v) is 4.16. The van der Waals surface area contributed by atoms with E-state index in [1.165, 1.54) is 6.20 Å². The molecule has 4 aromatic rings. The standard InChI is InChI=1S/C24H16BNO2/c1-15-12-13-19(26-14-15)16-6-4-8-18-24(16)28-22-11-5-10-21-23(22)25(18)17-7-2-3-9-20(17)27-21/h2-14H,1H3/i1D3. The molecule has 0 fully saturated rings. The van der Waals surface area contributed by atoms with Gasteiger partial charge in [-0.3, -0.25) is 4.98 Å². The topological polar surface area (TPSA) is 31.4 Å². The van der Waals surface area contributed by atoms with Crippen LogP contribution < -0.4 is 25.9 Å². The molecule has 4 heteroatoms. The van der Waals surface area contributed by atoms with E-state index in [9.17, 15) is 0 Å². The van der Waals surface area contributed by atoms with Crippen molar-refractivity contribution in [2.24, 2.45) is 0 Å². The molecule has 3 nitrogen and oxygen atoms in total. The predicted molar refractivity (Wildman–Crippen MR) is 112 cm³/mol. The van der Waals surface area contributed by atoms with E-state index in [0.717, 1.165) is 44.9 Å². The van der Waals surface area contributed by atoms with Gasteiger partial charge in [-0.25, -0.2) is 0 Å². The number of aryl methyl sites for hydroxylation is 1. The summed E-state index contributed by atoms with van der Waals surface area (Å²) in [6, 6.07) is 23.3. The molecule has 0 saturated carbocycles. The first-order valence-corrected chi connectivity index (χ1v) is 9.18. The first-order chi connectivity index (χ1) is 15.0. The average Bonchev–Trinajstić information content (AvgIpc) is 2.78. The summed E-state index contributed by atoms with van der Waals surface area (Å²) in [6.45, 7) is -2.19. The molecule has 0 amide bonds. The van der Waals surface area contributed by atoms with E-state index >= 15 is 0 Å². The van der Waals surface area contributed by atoms with Crippen LogP contribution in [-0.2, 0) is 0 Å². The van der Waals surface area contributed by atoms with Crippen LogP contribution in [0.1, 0.15) is 9.68 Å². The first-order valence-electron chi connectivity index (χ1n) is 10.7. The number of fused-ring (bicyclic) bond motifs is 4. The molecule has 6 rings (SSSR count). The van der Waals surface area contributed by atoms with Crippen molar-refractivity contribution in [3.05, 3.63) is 84.6 Å². The Kier molecular flexibility index (Phi) is 2.62. The molecule has 0 aliphatic carbocycles. The molecule has 3 heterocycles. The van der Waals surface area contributed by atoms with Crippen LogP contribution in [-0.4, -0.2) is 11.7 Å². The zero-order valence-electron chi connectivity index (χ0n) is 17.8. The summed E-state index contributed by atoms with van der Waals surface area (Å²) in [5.74, 6) is 3.15. The predicted octanol–water partition coefficient (Wildman–Crippen LogP) is 3.78. The Hall–Kier alpha value is -3.53. The van der Waals surface area contributed by atoms with E-state index in [1.807, 2.05) is 48.5 Å². The molecule has 3 aromatic carbocycles. The molecule has 28 heavy (non-hydrogen) atoms. The fourth-order valence-electron chi connectivity index (χ4n) is 4.16. The molecule has 132 valence electrons. The van der Waals surface area contributed by atoms with Gasteiger partial charge in [-0.1, -0.05) is 42.5 Å². The van der Waals surface area contributed by atoms with Gasteiger partial charge in [-0.05, 0) is 53.7 Å². The second-order valence-electron chi connectivity index (χ2n) is 7.00. The molecular formula is C24H16BNO2. The maximum Gasteiger partial charge on any atom is 0.260 e. The van der Waals surface area contributed by atoms with Crippen molar-refractivity contribution in [1.29, 1.82) is 0 Å². The van der Waals surface area contributed by atoms with Gasteiger partial charge in [0.25, 0.3) is 6.71 Å². The maximum absolute atomic E-state index is 7.58. The van der Waals surface area contributed by atoms with Crippen LogP contribution in [0.25, 0.3) is 11.3 Å². The number of pyridine rings is 1. The Morgan fingerprint density at radius 3 is 2.43 bits per heavy atom. The van der Waals surface area contributed by atoms with E-state index in [1.54, 1.807) is 12.1 Å². The highest BCUT2D eigenvalue weighted by Gasteiger charge is 2.40. The van der Waals surface area contributed by atoms with Gasteiger partial charge in [0.1, 0.15) is 23.0 Å². The second kappa shape index (κ2) is 5.73. The summed E-state index contributed by atoms with van der Waals surface area (Å²) in [5.41, 5.74) is 4.87. The molecule has 2 aliphatic rings. The van der Waals surface area contributed by atoms with Crippen LogP contribution in [0.15, 0.2) is 79.0 Å². The molecular weight excluding hydrogens is 345 g/mol. The lowest BCUT2D eigenvalue weighted by atomic mass is 9.34. The van der Waals surface area contributed by atoms with Crippen LogP contribution in [0.5, 0.6) is 23.0 Å². The summed E-state index contributed by atoms with van der Waals surface area (Å²) >= 11 is 0. The van der Waals surface area contributed by atoms with Crippen molar-refractivity contribution in [2.75, 3.05) is 0 Å². The number of para-hydroxylation sites is 2. The van der Waals surface area contributed by atoms with Crippen LogP contribution in [0.3, 0.4) is 0 Å². The molecule has 0 bridgehead atoms. The van der Waals surface area contributed by atoms with E-state index < -0.39 is 6.85 Å². The maximum atomic E-state index is 7.58. The average molecular weight is 364 g/mol.